The monoisotopic (exact) mass is 416 g/mol. The van der Waals surface area contributed by atoms with Crippen LogP contribution in [0.25, 0.3) is 45.1 Å². The van der Waals surface area contributed by atoms with Crippen molar-refractivity contribution in [3.63, 3.8) is 0 Å². The van der Waals surface area contributed by atoms with Crippen molar-refractivity contribution in [3.05, 3.63) is 78.1 Å². The van der Waals surface area contributed by atoms with Crippen molar-refractivity contribution in [3.8, 4) is 34.0 Å². The van der Waals surface area contributed by atoms with E-state index in [0.717, 1.165) is 17.2 Å². The fourth-order valence-corrected chi connectivity index (χ4v) is 3.48. The lowest BCUT2D eigenvalue weighted by Gasteiger charge is -2.10. The third-order valence-electron chi connectivity index (χ3n) is 4.99. The molecule has 0 saturated heterocycles. The highest BCUT2D eigenvalue weighted by Gasteiger charge is 2.16. The van der Waals surface area contributed by atoms with Crippen molar-refractivity contribution in [1.29, 1.82) is 0 Å². The minimum atomic E-state index is -0.668. The van der Waals surface area contributed by atoms with Crippen LogP contribution in [0, 0.1) is 11.6 Å². The number of halogens is 2. The Bertz CT molecular complexity index is 1460. The molecule has 0 saturated carbocycles. The van der Waals surface area contributed by atoms with Crippen molar-refractivity contribution in [2.75, 3.05) is 0 Å². The minimum Gasteiger partial charge on any atom is -0.436 e. The Labute approximate surface area is 174 Å². The third kappa shape index (κ3) is 3.28. The average molecular weight is 416 g/mol. The minimum absolute atomic E-state index is 0.0827. The van der Waals surface area contributed by atoms with E-state index in [4.69, 9.17) is 4.42 Å². The van der Waals surface area contributed by atoms with Crippen LogP contribution in [0.4, 0.5) is 8.78 Å². The number of fused-ring (bicyclic) bond motifs is 1. The standard InChI is InChI=1S/C23H14F2N4O2/c1-29-12-26-28-22(29)18-9-16(24)5-6-17(18)13-3-2-4-14(7-13)23-27-20-8-15(11-30)19(25)10-21(20)31-23/h2-12H,1H3. The van der Waals surface area contributed by atoms with Gasteiger partial charge >= 0.3 is 0 Å². The van der Waals surface area contributed by atoms with Gasteiger partial charge in [-0.1, -0.05) is 18.2 Å². The molecule has 0 N–H and O–H groups in total. The maximum absolute atomic E-state index is 14.0. The second-order valence-corrected chi connectivity index (χ2v) is 7.01. The third-order valence-corrected chi connectivity index (χ3v) is 4.99. The molecule has 5 rings (SSSR count). The fourth-order valence-electron chi connectivity index (χ4n) is 3.48. The highest BCUT2D eigenvalue weighted by atomic mass is 19.1. The predicted molar refractivity (Wildman–Crippen MR) is 110 cm³/mol. The summed E-state index contributed by atoms with van der Waals surface area (Å²) in [5, 5.41) is 7.98. The number of aromatic nitrogens is 4. The molecule has 8 heteroatoms. The second kappa shape index (κ2) is 7.24. The van der Waals surface area contributed by atoms with Crippen molar-refractivity contribution in [2.24, 2.45) is 7.05 Å². The predicted octanol–water partition coefficient (Wildman–Crippen LogP) is 5.05. The molecule has 0 bridgehead atoms. The number of hydrogen-bond donors (Lipinski definition) is 0. The Morgan fingerprint density at radius 2 is 1.84 bits per heavy atom. The number of aldehydes is 1. The van der Waals surface area contributed by atoms with Crippen molar-refractivity contribution >= 4 is 17.4 Å². The normalized spacial score (nSPS) is 11.2. The zero-order valence-corrected chi connectivity index (χ0v) is 16.2. The van der Waals surface area contributed by atoms with Crippen LogP contribution in [0.1, 0.15) is 10.4 Å². The Hall–Kier alpha value is -4.20. The van der Waals surface area contributed by atoms with Gasteiger partial charge in [-0.3, -0.25) is 4.79 Å². The van der Waals surface area contributed by atoms with E-state index in [2.05, 4.69) is 15.2 Å². The largest absolute Gasteiger partial charge is 0.436 e. The number of carbonyl (C=O) groups is 1. The number of carbonyl (C=O) groups excluding carboxylic acids is 1. The maximum atomic E-state index is 14.0. The fraction of sp³-hybridized carbons (Fsp3) is 0.0435. The number of oxazole rings is 1. The zero-order valence-electron chi connectivity index (χ0n) is 16.2. The van der Waals surface area contributed by atoms with Gasteiger partial charge in [-0.05, 0) is 41.5 Å². The molecule has 0 atom stereocenters. The molecule has 6 nitrogen and oxygen atoms in total. The number of aryl methyl sites for hydroxylation is 1. The first-order chi connectivity index (χ1) is 15.0. The Morgan fingerprint density at radius 3 is 2.61 bits per heavy atom. The quantitative estimate of drug-likeness (QED) is 0.384. The summed E-state index contributed by atoms with van der Waals surface area (Å²) in [6.07, 6.45) is 1.98. The van der Waals surface area contributed by atoms with Gasteiger partial charge in [0, 0.05) is 24.2 Å². The first kappa shape index (κ1) is 18.8. The van der Waals surface area contributed by atoms with E-state index in [-0.39, 0.29) is 22.9 Å². The summed E-state index contributed by atoms with van der Waals surface area (Å²) < 4.78 is 35.3. The molecule has 0 amide bonds. The Balaban J connectivity index is 1.63. The van der Waals surface area contributed by atoms with E-state index in [1.54, 1.807) is 30.1 Å². The Morgan fingerprint density at radius 1 is 1.00 bits per heavy atom. The topological polar surface area (TPSA) is 73.8 Å². The lowest BCUT2D eigenvalue weighted by atomic mass is 9.97. The van der Waals surface area contributed by atoms with Crippen molar-refractivity contribution in [1.82, 2.24) is 19.7 Å². The van der Waals surface area contributed by atoms with Crippen LogP contribution in [0.3, 0.4) is 0 Å². The lowest BCUT2D eigenvalue weighted by molar-refractivity contribution is 0.112. The summed E-state index contributed by atoms with van der Waals surface area (Å²) in [6.45, 7) is 0. The van der Waals surface area contributed by atoms with E-state index in [9.17, 15) is 13.6 Å². The van der Waals surface area contributed by atoms with Crippen LogP contribution < -0.4 is 0 Å². The molecular weight excluding hydrogens is 402 g/mol. The van der Waals surface area contributed by atoms with Crippen molar-refractivity contribution in [2.45, 2.75) is 0 Å². The first-order valence-electron chi connectivity index (χ1n) is 9.33. The van der Waals surface area contributed by atoms with Crippen LogP contribution >= 0.6 is 0 Å². The maximum Gasteiger partial charge on any atom is 0.227 e. The van der Waals surface area contributed by atoms with E-state index >= 15 is 0 Å². The molecule has 152 valence electrons. The molecule has 3 aromatic carbocycles. The van der Waals surface area contributed by atoms with Gasteiger partial charge < -0.3 is 8.98 Å². The van der Waals surface area contributed by atoms with Gasteiger partial charge in [0.15, 0.2) is 17.7 Å². The highest BCUT2D eigenvalue weighted by molar-refractivity contribution is 5.86. The van der Waals surface area contributed by atoms with Crippen LogP contribution in [0.5, 0.6) is 0 Å². The number of hydrogen-bond acceptors (Lipinski definition) is 5. The summed E-state index contributed by atoms with van der Waals surface area (Å²) in [7, 11) is 1.78. The average Bonchev–Trinajstić information content (AvgIpc) is 3.38. The van der Waals surface area contributed by atoms with Crippen LogP contribution in [-0.4, -0.2) is 26.0 Å². The molecule has 0 aliphatic rings. The summed E-state index contributed by atoms with van der Waals surface area (Å²) in [5.74, 6) is -0.247. The number of nitrogens with zero attached hydrogens (tertiary/aromatic N) is 4. The SMILES string of the molecule is Cn1cnnc1-c1cc(F)ccc1-c1cccc(-c2nc3cc(C=O)c(F)cc3o2)c1. The van der Waals surface area contributed by atoms with Crippen LogP contribution in [0.2, 0.25) is 0 Å². The molecule has 0 radical (unpaired) electrons. The molecule has 0 unspecified atom stereocenters. The first-order valence-corrected chi connectivity index (χ1v) is 9.33. The zero-order chi connectivity index (χ0) is 21.5. The van der Waals surface area contributed by atoms with Gasteiger partial charge in [0.05, 0.1) is 5.56 Å². The van der Waals surface area contributed by atoms with Crippen molar-refractivity contribution < 1.29 is 18.0 Å². The molecular formula is C23H14F2N4O2. The van der Waals surface area contributed by atoms with Gasteiger partial charge in [0.1, 0.15) is 23.5 Å². The molecule has 2 heterocycles. The van der Waals surface area contributed by atoms with Gasteiger partial charge in [-0.15, -0.1) is 10.2 Å². The van der Waals surface area contributed by atoms with Gasteiger partial charge in [-0.25, -0.2) is 13.8 Å². The van der Waals surface area contributed by atoms with E-state index in [0.29, 0.717) is 28.8 Å². The molecule has 0 aliphatic heterocycles. The Kier molecular flexibility index (Phi) is 4.39. The van der Waals surface area contributed by atoms with E-state index in [1.165, 1.54) is 18.2 Å². The summed E-state index contributed by atoms with van der Waals surface area (Å²) in [5.41, 5.74) is 3.32. The highest BCUT2D eigenvalue weighted by Crippen LogP contribution is 2.34. The van der Waals surface area contributed by atoms with Crippen LogP contribution in [-0.2, 0) is 7.05 Å². The molecule has 31 heavy (non-hydrogen) atoms. The van der Waals surface area contributed by atoms with E-state index < -0.39 is 5.82 Å². The van der Waals surface area contributed by atoms with E-state index in [1.807, 2.05) is 18.2 Å². The number of benzene rings is 3. The molecule has 0 aliphatic carbocycles. The van der Waals surface area contributed by atoms with Gasteiger partial charge in [-0.2, -0.15) is 0 Å². The molecule has 0 spiro atoms. The van der Waals surface area contributed by atoms with Gasteiger partial charge in [0.2, 0.25) is 5.89 Å². The summed E-state index contributed by atoms with van der Waals surface area (Å²) in [6, 6.07) is 14.3. The summed E-state index contributed by atoms with van der Waals surface area (Å²) in [4.78, 5) is 15.4. The summed E-state index contributed by atoms with van der Waals surface area (Å²) >= 11 is 0. The lowest BCUT2D eigenvalue weighted by Crippen LogP contribution is -1.95. The number of rotatable bonds is 4. The molecule has 2 aromatic heterocycles. The molecule has 5 aromatic rings. The molecule has 0 fully saturated rings. The van der Waals surface area contributed by atoms with Gasteiger partial charge in [0.25, 0.3) is 0 Å². The van der Waals surface area contributed by atoms with Crippen LogP contribution in [0.15, 0.2) is 65.3 Å². The second-order valence-electron chi connectivity index (χ2n) is 7.01. The smallest absolute Gasteiger partial charge is 0.227 e.